The summed E-state index contributed by atoms with van der Waals surface area (Å²) in [7, 11) is 3.88. The van der Waals surface area contributed by atoms with E-state index < -0.39 is 0 Å². The van der Waals surface area contributed by atoms with Crippen LogP contribution in [0.15, 0.2) is 0 Å². The minimum Gasteiger partial charge on any atom is -0.380 e. The highest BCUT2D eigenvalue weighted by Gasteiger charge is 2.21. The first-order valence-corrected chi connectivity index (χ1v) is 6.43. The van der Waals surface area contributed by atoms with Gasteiger partial charge in [0, 0.05) is 13.2 Å². The second-order valence-corrected chi connectivity index (χ2v) is 4.38. The summed E-state index contributed by atoms with van der Waals surface area (Å²) in [4.78, 5) is 0. The second-order valence-electron chi connectivity index (χ2n) is 4.38. The molecule has 1 N–H and O–H groups in total. The third-order valence-corrected chi connectivity index (χ3v) is 3.44. The van der Waals surface area contributed by atoms with Gasteiger partial charge >= 0.3 is 0 Å². The van der Waals surface area contributed by atoms with E-state index in [1.54, 1.807) is 0 Å². The molecule has 2 nitrogen and oxygen atoms in total. The first kappa shape index (κ1) is 14.9. The zero-order valence-electron chi connectivity index (χ0n) is 11.2. The van der Waals surface area contributed by atoms with Crippen molar-refractivity contribution in [2.75, 3.05) is 14.2 Å². The van der Waals surface area contributed by atoms with Crippen LogP contribution in [0.1, 0.15) is 52.9 Å². The molecule has 0 spiro atoms. The summed E-state index contributed by atoms with van der Waals surface area (Å²) in [5.41, 5.74) is 0. The van der Waals surface area contributed by atoms with Crippen LogP contribution < -0.4 is 5.32 Å². The summed E-state index contributed by atoms with van der Waals surface area (Å²) < 4.78 is 5.57. The summed E-state index contributed by atoms with van der Waals surface area (Å²) >= 11 is 0. The zero-order chi connectivity index (χ0) is 11.7. The fraction of sp³-hybridized carbons (Fsp3) is 1.00. The van der Waals surface area contributed by atoms with Gasteiger partial charge in [0.05, 0.1) is 6.10 Å². The fourth-order valence-electron chi connectivity index (χ4n) is 2.20. The third kappa shape index (κ3) is 5.53. The number of likely N-dealkylation sites (N-methyl/N-ethyl adjacent to an activating group) is 1. The molecule has 15 heavy (non-hydrogen) atoms. The van der Waals surface area contributed by atoms with Crippen molar-refractivity contribution in [3.05, 3.63) is 0 Å². The highest BCUT2D eigenvalue weighted by Crippen LogP contribution is 2.19. The van der Waals surface area contributed by atoms with Crippen molar-refractivity contribution < 1.29 is 4.74 Å². The van der Waals surface area contributed by atoms with Gasteiger partial charge in [-0.2, -0.15) is 0 Å². The Morgan fingerprint density at radius 3 is 2.07 bits per heavy atom. The molecule has 0 bridgehead atoms. The lowest BCUT2D eigenvalue weighted by molar-refractivity contribution is 0.0545. The van der Waals surface area contributed by atoms with Crippen molar-refractivity contribution in [3.8, 4) is 0 Å². The van der Waals surface area contributed by atoms with Crippen molar-refractivity contribution in [1.29, 1.82) is 0 Å². The molecule has 0 radical (unpaired) electrons. The molecule has 2 atom stereocenters. The Bertz CT molecular complexity index is 134. The van der Waals surface area contributed by atoms with E-state index in [-0.39, 0.29) is 0 Å². The zero-order valence-corrected chi connectivity index (χ0v) is 11.2. The second kappa shape index (κ2) is 9.17. The van der Waals surface area contributed by atoms with Crippen molar-refractivity contribution in [2.24, 2.45) is 5.92 Å². The molecule has 92 valence electrons. The van der Waals surface area contributed by atoms with Gasteiger partial charge in [-0.25, -0.2) is 0 Å². The molecular formula is C13H29NO. The first-order chi connectivity index (χ1) is 7.23. The molecule has 0 fully saturated rings. The van der Waals surface area contributed by atoms with Gasteiger partial charge in [-0.15, -0.1) is 0 Å². The first-order valence-electron chi connectivity index (χ1n) is 6.43. The predicted molar refractivity (Wildman–Crippen MR) is 67.2 cm³/mol. The fourth-order valence-corrected chi connectivity index (χ4v) is 2.20. The van der Waals surface area contributed by atoms with Crippen LogP contribution in [0.25, 0.3) is 0 Å². The molecule has 0 heterocycles. The highest BCUT2D eigenvalue weighted by atomic mass is 16.5. The smallest absolute Gasteiger partial charge is 0.0724 e. The van der Waals surface area contributed by atoms with E-state index in [9.17, 15) is 0 Å². The molecule has 0 aromatic heterocycles. The molecule has 0 rings (SSSR count). The average molecular weight is 215 g/mol. The van der Waals surface area contributed by atoms with E-state index in [0.29, 0.717) is 12.1 Å². The van der Waals surface area contributed by atoms with Gasteiger partial charge in [0.1, 0.15) is 0 Å². The molecule has 0 aliphatic heterocycles. The lowest BCUT2D eigenvalue weighted by Gasteiger charge is -2.28. The molecule has 0 amide bonds. The molecule has 2 unspecified atom stereocenters. The van der Waals surface area contributed by atoms with Crippen LogP contribution in [0.3, 0.4) is 0 Å². The maximum absolute atomic E-state index is 5.57. The quantitative estimate of drug-likeness (QED) is 0.637. The maximum Gasteiger partial charge on any atom is 0.0724 e. The molecular weight excluding hydrogens is 186 g/mol. The minimum atomic E-state index is 0.376. The van der Waals surface area contributed by atoms with Crippen LogP contribution in [0.5, 0.6) is 0 Å². The van der Waals surface area contributed by atoms with E-state index in [1.807, 2.05) is 7.11 Å². The Morgan fingerprint density at radius 1 is 1.13 bits per heavy atom. The Kier molecular flexibility index (Phi) is 9.12. The van der Waals surface area contributed by atoms with Gasteiger partial charge in [0.2, 0.25) is 0 Å². The summed E-state index contributed by atoms with van der Waals surface area (Å²) in [5.74, 6) is 0.831. The molecule has 2 heteroatoms. The number of ether oxygens (including phenoxy) is 1. The third-order valence-electron chi connectivity index (χ3n) is 3.44. The molecule has 0 aromatic carbocycles. The van der Waals surface area contributed by atoms with Gasteiger partial charge < -0.3 is 10.1 Å². The Balaban J connectivity index is 4.17. The van der Waals surface area contributed by atoms with E-state index in [1.165, 1.54) is 25.7 Å². The Labute approximate surface area is 95.8 Å². The van der Waals surface area contributed by atoms with Gasteiger partial charge in [0.25, 0.3) is 0 Å². The van der Waals surface area contributed by atoms with Crippen LogP contribution in [-0.2, 0) is 4.74 Å². The number of methoxy groups -OCH3 is 1. The Morgan fingerprint density at radius 2 is 1.73 bits per heavy atom. The molecule has 0 aromatic rings. The normalized spacial score (nSPS) is 15.6. The lowest BCUT2D eigenvalue weighted by atomic mass is 9.91. The van der Waals surface area contributed by atoms with Crippen LogP contribution in [-0.4, -0.2) is 26.3 Å². The minimum absolute atomic E-state index is 0.376. The number of nitrogens with one attached hydrogen (secondary N) is 1. The van der Waals surface area contributed by atoms with Crippen LogP contribution in [0.4, 0.5) is 0 Å². The summed E-state index contributed by atoms with van der Waals surface area (Å²) in [6, 6.07) is 0.514. The number of hydrogen-bond acceptors (Lipinski definition) is 2. The van der Waals surface area contributed by atoms with Crippen molar-refractivity contribution >= 4 is 0 Å². The van der Waals surface area contributed by atoms with Crippen molar-refractivity contribution in [3.63, 3.8) is 0 Å². The highest BCUT2D eigenvalue weighted by molar-refractivity contribution is 4.78. The summed E-state index contributed by atoms with van der Waals surface area (Å²) in [5, 5.41) is 3.41. The van der Waals surface area contributed by atoms with Crippen molar-refractivity contribution in [2.45, 2.75) is 65.0 Å². The average Bonchev–Trinajstić information content (AvgIpc) is 2.28. The van der Waals surface area contributed by atoms with Gasteiger partial charge in [0.15, 0.2) is 0 Å². The molecule has 0 aliphatic carbocycles. The maximum atomic E-state index is 5.57. The monoisotopic (exact) mass is 215 g/mol. The van der Waals surface area contributed by atoms with Crippen molar-refractivity contribution in [1.82, 2.24) is 5.32 Å². The van der Waals surface area contributed by atoms with Gasteiger partial charge in [-0.1, -0.05) is 40.0 Å². The number of hydrogen-bond donors (Lipinski definition) is 1. The number of rotatable bonds is 9. The van der Waals surface area contributed by atoms with Crippen LogP contribution in [0.2, 0.25) is 0 Å². The molecule has 0 saturated carbocycles. The SMILES string of the molecule is CCCC(OC)C(CC(CC)CC)NC. The van der Waals surface area contributed by atoms with E-state index in [0.717, 1.165) is 12.3 Å². The van der Waals surface area contributed by atoms with E-state index >= 15 is 0 Å². The molecule has 0 aliphatic rings. The summed E-state index contributed by atoms with van der Waals surface area (Å²) in [6.45, 7) is 6.78. The summed E-state index contributed by atoms with van der Waals surface area (Å²) in [6.07, 6.45) is 6.51. The topological polar surface area (TPSA) is 21.3 Å². The van der Waals surface area contributed by atoms with E-state index in [2.05, 4.69) is 33.1 Å². The largest absolute Gasteiger partial charge is 0.380 e. The van der Waals surface area contributed by atoms with Crippen LogP contribution in [0, 0.1) is 5.92 Å². The van der Waals surface area contributed by atoms with E-state index in [4.69, 9.17) is 4.74 Å². The van der Waals surface area contributed by atoms with Crippen LogP contribution >= 0.6 is 0 Å². The molecule has 0 saturated heterocycles. The predicted octanol–water partition coefficient (Wildman–Crippen LogP) is 3.22. The van der Waals surface area contributed by atoms with Gasteiger partial charge in [-0.3, -0.25) is 0 Å². The lowest BCUT2D eigenvalue weighted by Crippen LogP contribution is -2.40. The Hall–Kier alpha value is -0.0800. The van der Waals surface area contributed by atoms with Gasteiger partial charge in [-0.05, 0) is 25.8 Å². The standard InChI is InChI=1S/C13H29NO/c1-6-9-13(15-5)12(14-4)10-11(7-2)8-3/h11-14H,6-10H2,1-5H3.